The van der Waals surface area contributed by atoms with Crippen molar-refractivity contribution in [3.63, 3.8) is 0 Å². The van der Waals surface area contributed by atoms with Crippen LogP contribution in [0.3, 0.4) is 0 Å². The van der Waals surface area contributed by atoms with E-state index in [1.165, 1.54) is 6.92 Å². The second kappa shape index (κ2) is 6.83. The average Bonchev–Trinajstić information content (AvgIpc) is 2.81. The van der Waals surface area contributed by atoms with Crippen molar-refractivity contribution >= 4 is 13.6 Å². The third-order valence-electron chi connectivity index (χ3n) is 4.41. The number of hydrogen-bond acceptors (Lipinski definition) is 6. The topological polar surface area (TPSA) is 82.1 Å². The lowest BCUT2D eigenvalue weighted by atomic mass is 9.75. The normalized spacial score (nSPS) is 31.5. The van der Waals surface area contributed by atoms with Gasteiger partial charge in [-0.05, 0) is 58.4 Å². The van der Waals surface area contributed by atoms with Gasteiger partial charge in [-0.1, -0.05) is 0 Å². The van der Waals surface area contributed by atoms with Crippen LogP contribution >= 0.6 is 7.82 Å². The van der Waals surface area contributed by atoms with Gasteiger partial charge in [-0.15, -0.1) is 0 Å². The summed E-state index contributed by atoms with van der Waals surface area (Å²) >= 11 is 0. The van der Waals surface area contributed by atoms with Crippen molar-refractivity contribution < 1.29 is 28.0 Å². The van der Waals surface area contributed by atoms with Crippen molar-refractivity contribution in [3.8, 4) is 0 Å². The molecule has 0 aromatic rings. The van der Waals surface area contributed by atoms with Gasteiger partial charge in [0.15, 0.2) is 0 Å². The van der Waals surface area contributed by atoms with Gasteiger partial charge < -0.3 is 9.63 Å². The van der Waals surface area contributed by atoms with Gasteiger partial charge >= 0.3 is 7.82 Å². The minimum absolute atomic E-state index is 0.0118. The lowest BCUT2D eigenvalue weighted by molar-refractivity contribution is -0.121. The molecule has 1 unspecified atom stereocenters. The third kappa shape index (κ3) is 3.46. The molecule has 2 rings (SSSR count). The van der Waals surface area contributed by atoms with Gasteiger partial charge in [0.25, 0.3) is 0 Å². The number of carbonyl (C=O) groups is 1. The minimum Gasteiger partial charge on any atom is -0.406 e. The molecule has 0 amide bonds. The summed E-state index contributed by atoms with van der Waals surface area (Å²) in [5, 5.41) is 10.9. The van der Waals surface area contributed by atoms with Crippen molar-refractivity contribution in [1.82, 2.24) is 0 Å². The summed E-state index contributed by atoms with van der Waals surface area (Å²) in [6.45, 7) is 5.24. The third-order valence-corrected chi connectivity index (χ3v) is 5.98. The maximum atomic E-state index is 12.6. The van der Waals surface area contributed by atoms with Gasteiger partial charge in [0.1, 0.15) is 17.1 Å². The Hall–Kier alpha value is -0.680. The van der Waals surface area contributed by atoms with Gasteiger partial charge in [0.2, 0.25) is 0 Å². The molecule has 126 valence electrons. The smallest absolute Gasteiger partial charge is 0.406 e. The molecule has 0 aromatic carbocycles. The zero-order valence-electron chi connectivity index (χ0n) is 13.4. The Bertz CT molecular complexity index is 492. The zero-order chi connectivity index (χ0) is 16.4. The molecule has 1 fully saturated rings. The van der Waals surface area contributed by atoms with Gasteiger partial charge in [-0.25, -0.2) is 4.57 Å². The van der Waals surface area contributed by atoms with E-state index in [4.69, 9.17) is 13.6 Å². The average molecular weight is 332 g/mol. The van der Waals surface area contributed by atoms with E-state index < -0.39 is 13.4 Å². The molecule has 0 saturated heterocycles. The van der Waals surface area contributed by atoms with Crippen LogP contribution in [0.15, 0.2) is 11.8 Å². The Balaban J connectivity index is 2.31. The summed E-state index contributed by atoms with van der Waals surface area (Å²) < 4.78 is 28.4. The van der Waals surface area contributed by atoms with Gasteiger partial charge in [-0.2, -0.15) is 0 Å². The first-order valence-corrected chi connectivity index (χ1v) is 9.34. The fourth-order valence-electron chi connectivity index (χ4n) is 3.32. The highest BCUT2D eigenvalue weighted by molar-refractivity contribution is 7.48. The van der Waals surface area contributed by atoms with Crippen molar-refractivity contribution in [1.29, 1.82) is 0 Å². The molecule has 0 bridgehead atoms. The van der Waals surface area contributed by atoms with Gasteiger partial charge in [-0.3, -0.25) is 13.8 Å². The largest absolute Gasteiger partial charge is 0.529 e. The SMILES string of the molecule is CCOP(=O)(OCC)OC1=CC(C(C)=O)C[C@H]2CCC[C@]12O. The number of rotatable bonds is 7. The van der Waals surface area contributed by atoms with E-state index in [0.717, 1.165) is 12.8 Å². The Labute approximate surface area is 131 Å². The predicted molar refractivity (Wildman–Crippen MR) is 81.1 cm³/mol. The molecule has 0 aliphatic heterocycles. The number of ketones is 1. The summed E-state index contributed by atoms with van der Waals surface area (Å²) in [7, 11) is -3.78. The number of fused-ring (bicyclic) bond motifs is 1. The number of phosphoric ester groups is 1. The lowest BCUT2D eigenvalue weighted by Gasteiger charge is -2.38. The van der Waals surface area contributed by atoms with Crippen LogP contribution in [0.25, 0.3) is 0 Å². The Morgan fingerprint density at radius 2 is 2.05 bits per heavy atom. The summed E-state index contributed by atoms with van der Waals surface area (Å²) in [6.07, 6.45) is 4.40. The fraction of sp³-hybridized carbons (Fsp3) is 0.800. The highest BCUT2D eigenvalue weighted by Crippen LogP contribution is 2.57. The molecule has 0 aromatic heterocycles. The van der Waals surface area contributed by atoms with E-state index in [0.29, 0.717) is 12.8 Å². The number of hydrogen-bond donors (Lipinski definition) is 1. The lowest BCUT2D eigenvalue weighted by Crippen LogP contribution is -2.41. The summed E-state index contributed by atoms with van der Waals surface area (Å²) in [4.78, 5) is 11.7. The van der Waals surface area contributed by atoms with Crippen LogP contribution in [-0.2, 0) is 22.9 Å². The molecule has 6 nitrogen and oxygen atoms in total. The summed E-state index contributed by atoms with van der Waals surface area (Å²) in [5.41, 5.74) is -1.17. The van der Waals surface area contributed by atoms with E-state index in [1.807, 2.05) is 0 Å². The maximum Gasteiger partial charge on any atom is 0.529 e. The number of Topliss-reactive ketones (excluding diaryl/α,β-unsaturated/α-hetero) is 1. The van der Waals surface area contributed by atoms with Crippen molar-refractivity contribution in [3.05, 3.63) is 11.8 Å². The molecule has 0 heterocycles. The van der Waals surface area contributed by atoms with Crippen LogP contribution in [0.5, 0.6) is 0 Å². The van der Waals surface area contributed by atoms with Crippen LogP contribution in [0, 0.1) is 11.8 Å². The fourth-order valence-corrected chi connectivity index (χ4v) is 4.59. The molecule has 2 aliphatic rings. The van der Waals surface area contributed by atoms with E-state index in [-0.39, 0.29) is 36.6 Å². The van der Waals surface area contributed by atoms with E-state index in [9.17, 15) is 14.5 Å². The molecule has 22 heavy (non-hydrogen) atoms. The molecular formula is C15H25O6P. The molecule has 0 spiro atoms. The molecule has 0 radical (unpaired) electrons. The number of phosphoric acid groups is 1. The first-order chi connectivity index (χ1) is 10.3. The Morgan fingerprint density at radius 3 is 2.59 bits per heavy atom. The van der Waals surface area contributed by atoms with Crippen molar-refractivity contribution in [2.24, 2.45) is 11.8 Å². The quantitative estimate of drug-likeness (QED) is 0.721. The number of aliphatic hydroxyl groups is 1. The predicted octanol–water partition coefficient (Wildman–Crippen LogP) is 3.21. The Morgan fingerprint density at radius 1 is 1.41 bits per heavy atom. The Kier molecular flexibility index (Phi) is 5.49. The molecule has 3 atom stereocenters. The first kappa shape index (κ1) is 17.7. The summed E-state index contributed by atoms with van der Waals surface area (Å²) in [5.74, 6) is -0.197. The van der Waals surface area contributed by atoms with Crippen LogP contribution < -0.4 is 0 Å². The van der Waals surface area contributed by atoms with E-state index in [1.54, 1.807) is 19.9 Å². The maximum absolute atomic E-state index is 12.6. The zero-order valence-corrected chi connectivity index (χ0v) is 14.3. The molecule has 2 aliphatic carbocycles. The summed E-state index contributed by atoms with van der Waals surface area (Å²) in [6, 6.07) is 0. The standard InChI is InChI=1S/C15H25O6P/c1-4-19-22(18,20-5-2)21-14-10-12(11(3)16)9-13-7-6-8-15(13,14)17/h10,12-13,17H,4-9H2,1-3H3/t12?,13-,15-/m1/s1. The van der Waals surface area contributed by atoms with Crippen LogP contribution in [0.4, 0.5) is 0 Å². The minimum atomic E-state index is -3.78. The second-order valence-electron chi connectivity index (χ2n) is 5.87. The van der Waals surface area contributed by atoms with E-state index >= 15 is 0 Å². The van der Waals surface area contributed by atoms with Crippen molar-refractivity contribution in [2.75, 3.05) is 13.2 Å². The first-order valence-electron chi connectivity index (χ1n) is 7.88. The molecule has 7 heteroatoms. The molecule has 1 N–H and O–H groups in total. The number of carbonyl (C=O) groups excluding carboxylic acids is 1. The monoisotopic (exact) mass is 332 g/mol. The van der Waals surface area contributed by atoms with Crippen molar-refractivity contribution in [2.45, 2.75) is 52.1 Å². The second-order valence-corrected chi connectivity index (χ2v) is 7.46. The highest BCUT2D eigenvalue weighted by Gasteiger charge is 2.51. The van der Waals surface area contributed by atoms with Gasteiger partial charge in [0, 0.05) is 5.92 Å². The van der Waals surface area contributed by atoms with E-state index in [2.05, 4.69) is 0 Å². The molecular weight excluding hydrogens is 307 g/mol. The van der Waals surface area contributed by atoms with Crippen LogP contribution in [0.1, 0.15) is 46.5 Å². The van der Waals surface area contributed by atoms with Crippen LogP contribution in [0.2, 0.25) is 0 Å². The number of allylic oxidation sites excluding steroid dienone is 1. The highest BCUT2D eigenvalue weighted by atomic mass is 31.2. The van der Waals surface area contributed by atoms with Crippen LogP contribution in [-0.4, -0.2) is 29.7 Å². The molecule has 1 saturated carbocycles. The van der Waals surface area contributed by atoms with Gasteiger partial charge in [0.05, 0.1) is 13.2 Å².